The highest BCUT2D eigenvalue weighted by Crippen LogP contribution is 2.51. The van der Waals surface area contributed by atoms with Gasteiger partial charge in [-0.3, -0.25) is 4.79 Å². The van der Waals surface area contributed by atoms with Crippen molar-refractivity contribution in [3.8, 4) is 23.0 Å². The van der Waals surface area contributed by atoms with Gasteiger partial charge >= 0.3 is 11.9 Å². The second kappa shape index (κ2) is 8.14. The zero-order valence-electron chi connectivity index (χ0n) is 16.0. The van der Waals surface area contributed by atoms with Crippen LogP contribution in [0.1, 0.15) is 28.7 Å². The lowest BCUT2D eigenvalue weighted by atomic mass is 9.90. The molecule has 2 N–H and O–H groups in total. The molecule has 0 aliphatic carbocycles. The molecule has 152 valence electrons. The molecule has 1 heterocycles. The number of ether oxygens (including phenoxy) is 4. The lowest BCUT2D eigenvalue weighted by molar-refractivity contribution is -0.140. The molecule has 2 unspecified atom stereocenters. The summed E-state index contributed by atoms with van der Waals surface area (Å²) in [5, 5.41) is 18.8. The van der Waals surface area contributed by atoms with Crippen LogP contribution in [0.2, 0.25) is 0 Å². The zero-order valence-corrected chi connectivity index (χ0v) is 16.0. The molecule has 0 aromatic heterocycles. The van der Waals surface area contributed by atoms with Gasteiger partial charge in [0, 0.05) is 11.6 Å². The largest absolute Gasteiger partial charge is 0.493 e. The summed E-state index contributed by atoms with van der Waals surface area (Å²) in [6, 6.07) is 8.25. The Morgan fingerprint density at radius 2 is 1.66 bits per heavy atom. The summed E-state index contributed by atoms with van der Waals surface area (Å²) in [7, 11) is 4.43. The molecule has 0 amide bonds. The second-order valence-corrected chi connectivity index (χ2v) is 6.28. The average Bonchev–Trinajstić information content (AvgIpc) is 3.10. The van der Waals surface area contributed by atoms with Gasteiger partial charge < -0.3 is 29.2 Å². The maximum atomic E-state index is 12.1. The fraction of sp³-hybridized carbons (Fsp3) is 0.238. The lowest BCUT2D eigenvalue weighted by Crippen LogP contribution is -2.18. The van der Waals surface area contributed by atoms with Crippen LogP contribution in [0.5, 0.6) is 23.0 Å². The van der Waals surface area contributed by atoms with Crippen molar-refractivity contribution in [1.82, 2.24) is 0 Å². The number of carboxylic acids is 2. The van der Waals surface area contributed by atoms with Gasteiger partial charge in [0.25, 0.3) is 0 Å². The van der Waals surface area contributed by atoms with Gasteiger partial charge in [-0.2, -0.15) is 0 Å². The fourth-order valence-electron chi connectivity index (χ4n) is 3.33. The van der Waals surface area contributed by atoms with Crippen molar-refractivity contribution in [3.63, 3.8) is 0 Å². The summed E-state index contributed by atoms with van der Waals surface area (Å²) in [5.74, 6) is -1.61. The number of rotatable bonds is 7. The molecule has 8 heteroatoms. The molecule has 1 aliphatic rings. The van der Waals surface area contributed by atoms with Crippen molar-refractivity contribution in [3.05, 3.63) is 53.1 Å². The molecular weight excluding hydrogens is 380 g/mol. The fourth-order valence-corrected chi connectivity index (χ4v) is 3.33. The number of fused-ring (bicyclic) bond motifs is 1. The van der Waals surface area contributed by atoms with Gasteiger partial charge in [-0.15, -0.1) is 0 Å². The molecule has 0 bridgehead atoms. The smallest absolute Gasteiger partial charge is 0.328 e. The number of hydrogen-bond acceptors (Lipinski definition) is 6. The number of benzene rings is 2. The summed E-state index contributed by atoms with van der Waals surface area (Å²) in [4.78, 5) is 22.9. The van der Waals surface area contributed by atoms with Crippen LogP contribution in [0.3, 0.4) is 0 Å². The number of carboxylic acid groups (broad SMARTS) is 2. The molecule has 2 aromatic carbocycles. The van der Waals surface area contributed by atoms with E-state index in [0.717, 1.165) is 6.08 Å². The summed E-state index contributed by atoms with van der Waals surface area (Å²) in [6.07, 6.45) is 1.52. The lowest BCUT2D eigenvalue weighted by Gasteiger charge is -2.18. The van der Waals surface area contributed by atoms with Crippen molar-refractivity contribution in [2.75, 3.05) is 21.3 Å². The molecule has 0 radical (unpaired) electrons. The Labute approximate surface area is 166 Å². The predicted octanol–water partition coefficient (Wildman–Crippen LogP) is 3.11. The predicted molar refractivity (Wildman–Crippen MR) is 103 cm³/mol. The molecule has 1 aliphatic heterocycles. The van der Waals surface area contributed by atoms with Crippen LogP contribution in [-0.4, -0.2) is 43.5 Å². The molecule has 0 saturated carbocycles. The van der Waals surface area contributed by atoms with E-state index in [4.69, 9.17) is 24.1 Å². The minimum Gasteiger partial charge on any atom is -0.493 e. The van der Waals surface area contributed by atoms with Crippen LogP contribution in [-0.2, 0) is 9.59 Å². The quantitative estimate of drug-likeness (QED) is 0.682. The van der Waals surface area contributed by atoms with E-state index in [9.17, 15) is 14.7 Å². The minimum absolute atomic E-state index is 0.312. The molecule has 0 saturated heterocycles. The van der Waals surface area contributed by atoms with Crippen LogP contribution in [0.25, 0.3) is 6.08 Å². The maximum Gasteiger partial charge on any atom is 0.328 e. The first kappa shape index (κ1) is 20.1. The average molecular weight is 400 g/mol. The minimum atomic E-state index is -1.11. The van der Waals surface area contributed by atoms with Crippen LogP contribution in [0, 0.1) is 0 Å². The van der Waals surface area contributed by atoms with Crippen LogP contribution < -0.4 is 18.9 Å². The van der Waals surface area contributed by atoms with Gasteiger partial charge in [0.1, 0.15) is 12.0 Å². The molecule has 2 aromatic rings. The van der Waals surface area contributed by atoms with Crippen LogP contribution in [0.4, 0.5) is 0 Å². The van der Waals surface area contributed by atoms with E-state index >= 15 is 0 Å². The molecule has 0 fully saturated rings. The second-order valence-electron chi connectivity index (χ2n) is 6.28. The van der Waals surface area contributed by atoms with E-state index in [1.807, 2.05) is 0 Å². The monoisotopic (exact) mass is 400 g/mol. The number of carbonyl (C=O) groups is 2. The Bertz CT molecular complexity index is 979. The molecule has 2 atom stereocenters. The third-order valence-corrected chi connectivity index (χ3v) is 4.63. The molecule has 3 rings (SSSR count). The number of methoxy groups -OCH3 is 3. The zero-order chi connectivity index (χ0) is 21.1. The van der Waals surface area contributed by atoms with Crippen molar-refractivity contribution >= 4 is 18.0 Å². The van der Waals surface area contributed by atoms with Gasteiger partial charge in [-0.25, -0.2) is 4.79 Å². The number of aliphatic carboxylic acids is 2. The Hall–Kier alpha value is -3.68. The molecule has 0 spiro atoms. The van der Waals surface area contributed by atoms with Crippen molar-refractivity contribution in [2.24, 2.45) is 0 Å². The molecule has 29 heavy (non-hydrogen) atoms. The van der Waals surface area contributed by atoms with Crippen molar-refractivity contribution < 1.29 is 38.7 Å². The Morgan fingerprint density at radius 3 is 2.24 bits per heavy atom. The highest BCUT2D eigenvalue weighted by Gasteiger charge is 2.42. The van der Waals surface area contributed by atoms with Gasteiger partial charge in [0.15, 0.2) is 23.0 Å². The molecule has 8 nitrogen and oxygen atoms in total. The topological polar surface area (TPSA) is 112 Å². The van der Waals surface area contributed by atoms with E-state index in [0.29, 0.717) is 39.7 Å². The first-order valence-electron chi connectivity index (χ1n) is 8.64. The highest BCUT2D eigenvalue weighted by molar-refractivity contribution is 5.86. The summed E-state index contributed by atoms with van der Waals surface area (Å²) >= 11 is 0. The summed E-state index contributed by atoms with van der Waals surface area (Å²) < 4.78 is 21.9. The third kappa shape index (κ3) is 3.82. The van der Waals surface area contributed by atoms with Crippen molar-refractivity contribution in [2.45, 2.75) is 12.0 Å². The highest BCUT2D eigenvalue weighted by atomic mass is 16.5. The first-order valence-corrected chi connectivity index (χ1v) is 8.64. The standard InChI is InChI=1S/C21H20O8/c1-26-14-6-5-12(10-15(14)27-2)19-18(21(24)25)13-8-11(4-7-17(22)23)9-16(28-3)20(13)29-19/h4-10,18-19H,1-3H3,(H,22,23)(H,24,25). The van der Waals surface area contributed by atoms with E-state index in [1.54, 1.807) is 30.3 Å². The Balaban J connectivity index is 2.10. The van der Waals surface area contributed by atoms with Crippen LogP contribution in [0.15, 0.2) is 36.4 Å². The summed E-state index contributed by atoms with van der Waals surface area (Å²) in [6.45, 7) is 0. The Kier molecular flexibility index (Phi) is 5.63. The Morgan fingerprint density at radius 1 is 0.966 bits per heavy atom. The molecular formula is C21H20O8. The SMILES string of the molecule is COc1ccc(C2Oc3c(OC)cc(C=CC(=O)O)cc3C2C(=O)O)cc1OC. The summed E-state index contributed by atoms with van der Waals surface area (Å²) in [5.41, 5.74) is 1.49. The van der Waals surface area contributed by atoms with Gasteiger partial charge in [0.2, 0.25) is 0 Å². The van der Waals surface area contributed by atoms with E-state index in [2.05, 4.69) is 0 Å². The van der Waals surface area contributed by atoms with Gasteiger partial charge in [-0.1, -0.05) is 6.07 Å². The maximum absolute atomic E-state index is 12.1. The van der Waals surface area contributed by atoms with E-state index in [1.165, 1.54) is 27.4 Å². The van der Waals surface area contributed by atoms with Crippen molar-refractivity contribution in [1.29, 1.82) is 0 Å². The van der Waals surface area contributed by atoms with Crippen LogP contribution >= 0.6 is 0 Å². The van der Waals surface area contributed by atoms with E-state index in [-0.39, 0.29) is 0 Å². The van der Waals surface area contributed by atoms with Gasteiger partial charge in [-0.05, 0) is 41.5 Å². The van der Waals surface area contributed by atoms with Gasteiger partial charge in [0.05, 0.1) is 21.3 Å². The first-order chi connectivity index (χ1) is 13.9. The normalized spacial score (nSPS) is 17.5. The van der Waals surface area contributed by atoms with E-state index < -0.39 is 24.0 Å². The number of hydrogen-bond donors (Lipinski definition) is 2. The third-order valence-electron chi connectivity index (χ3n) is 4.63.